The number of hydrogen-bond donors (Lipinski definition) is 3. The van der Waals surface area contributed by atoms with Crippen LogP contribution in [-0.2, 0) is 9.36 Å². The molecule has 24 heavy (non-hydrogen) atoms. The molecule has 138 valence electrons. The van der Waals surface area contributed by atoms with E-state index >= 15 is 0 Å². The third kappa shape index (κ3) is 11.4. The number of aliphatic carboxylic acids is 1. The molecule has 0 bridgehead atoms. The fourth-order valence-corrected chi connectivity index (χ4v) is 3.04. The predicted molar refractivity (Wildman–Crippen MR) is 98.1 cm³/mol. The molecule has 0 saturated carbocycles. The van der Waals surface area contributed by atoms with Crippen LogP contribution in [0.3, 0.4) is 0 Å². The molecule has 0 aliphatic rings. The Morgan fingerprint density at radius 1 is 0.917 bits per heavy atom. The van der Waals surface area contributed by atoms with Crippen molar-refractivity contribution in [1.29, 1.82) is 0 Å². The zero-order chi connectivity index (χ0) is 18.8. The molecule has 0 radical (unpaired) electrons. The predicted octanol–water partition coefficient (Wildman–Crippen LogP) is 4.82. The Balaban J connectivity index is 4.26. The van der Waals surface area contributed by atoms with Crippen LogP contribution >= 0.6 is 7.60 Å². The number of rotatable bonds is 11. The number of carbonyl (C=O) groups is 1. The van der Waals surface area contributed by atoms with Crippen molar-refractivity contribution in [3.63, 3.8) is 0 Å². The topological polar surface area (TPSA) is 94.8 Å². The molecule has 1 unspecified atom stereocenters. The summed E-state index contributed by atoms with van der Waals surface area (Å²) in [5.74, 6) is -1.44. The van der Waals surface area contributed by atoms with Crippen LogP contribution in [0, 0.1) is 0 Å². The van der Waals surface area contributed by atoms with Gasteiger partial charge in [0.25, 0.3) is 0 Å². The van der Waals surface area contributed by atoms with Crippen LogP contribution in [0.4, 0.5) is 0 Å². The van der Waals surface area contributed by atoms with E-state index in [1.54, 1.807) is 0 Å². The van der Waals surface area contributed by atoms with Crippen LogP contribution in [0.25, 0.3) is 0 Å². The van der Waals surface area contributed by atoms with Crippen molar-refractivity contribution in [2.45, 2.75) is 71.9 Å². The van der Waals surface area contributed by atoms with Crippen LogP contribution in [-0.4, -0.2) is 26.5 Å². The van der Waals surface area contributed by atoms with E-state index in [0.29, 0.717) is 6.42 Å². The van der Waals surface area contributed by atoms with Gasteiger partial charge in [0.15, 0.2) is 5.66 Å². The molecule has 0 aliphatic carbocycles. The van der Waals surface area contributed by atoms with Crippen molar-refractivity contribution in [2.75, 3.05) is 0 Å². The second kappa shape index (κ2) is 11.4. The number of allylic oxidation sites excluding steroid dienone is 6. The molecule has 3 N–H and O–H groups in total. The van der Waals surface area contributed by atoms with Gasteiger partial charge in [0.1, 0.15) is 0 Å². The van der Waals surface area contributed by atoms with Crippen LogP contribution in [0.5, 0.6) is 0 Å². The molecule has 0 amide bonds. The first-order valence-corrected chi connectivity index (χ1v) is 9.94. The van der Waals surface area contributed by atoms with Crippen molar-refractivity contribution in [3.8, 4) is 0 Å². The average molecular weight is 358 g/mol. The highest BCUT2D eigenvalue weighted by Gasteiger charge is 2.34. The molecular formula is C18H31O5P. The Hall–Kier alpha value is -1.16. The minimum Gasteiger partial charge on any atom is -0.481 e. The fourth-order valence-electron chi connectivity index (χ4n) is 2.26. The molecule has 0 fully saturated rings. The van der Waals surface area contributed by atoms with Crippen molar-refractivity contribution < 1.29 is 24.3 Å². The van der Waals surface area contributed by atoms with Crippen LogP contribution < -0.4 is 0 Å². The van der Waals surface area contributed by atoms with E-state index in [9.17, 15) is 9.36 Å². The highest BCUT2D eigenvalue weighted by Crippen LogP contribution is 2.43. The summed E-state index contributed by atoms with van der Waals surface area (Å²) < 4.78 is 11.1. The highest BCUT2D eigenvalue weighted by atomic mass is 31.2. The third-order valence-corrected chi connectivity index (χ3v) is 5.04. The molecule has 0 aliphatic heterocycles. The average Bonchev–Trinajstić information content (AvgIpc) is 2.41. The zero-order valence-corrected chi connectivity index (χ0v) is 16.1. The van der Waals surface area contributed by atoms with Crippen molar-refractivity contribution in [1.82, 2.24) is 0 Å². The summed E-state index contributed by atoms with van der Waals surface area (Å²) in [6.07, 6.45) is 10.5. The summed E-state index contributed by atoms with van der Waals surface area (Å²) >= 11 is 0. The smallest absolute Gasteiger partial charge is 0.339 e. The van der Waals surface area contributed by atoms with Gasteiger partial charge >= 0.3 is 13.6 Å². The first-order valence-electron chi connectivity index (χ1n) is 8.26. The van der Waals surface area contributed by atoms with Gasteiger partial charge in [-0.15, -0.1) is 0 Å². The second-order valence-electron chi connectivity index (χ2n) is 6.48. The van der Waals surface area contributed by atoms with E-state index in [4.69, 9.17) is 14.9 Å². The Labute approximate surface area is 145 Å². The standard InChI is InChI=1S/C18H31O5P/c1-14(2)8-5-9-15(3)10-6-11-16(4)12-7-13-17(18(19)20)24(21,22)23/h8,10,12,17H,5-7,9,11,13H2,1-4H3,(H,19,20)(H2,21,22,23). The molecular weight excluding hydrogens is 327 g/mol. The van der Waals surface area contributed by atoms with Crippen LogP contribution in [0.15, 0.2) is 34.9 Å². The van der Waals surface area contributed by atoms with E-state index in [-0.39, 0.29) is 6.42 Å². The number of carboxylic acids is 1. The molecule has 0 aromatic heterocycles. The van der Waals surface area contributed by atoms with Gasteiger partial charge in [0, 0.05) is 0 Å². The van der Waals surface area contributed by atoms with Gasteiger partial charge in [0.05, 0.1) is 0 Å². The van der Waals surface area contributed by atoms with E-state index in [2.05, 4.69) is 32.9 Å². The van der Waals surface area contributed by atoms with Crippen molar-refractivity contribution in [3.05, 3.63) is 34.9 Å². The van der Waals surface area contributed by atoms with Gasteiger partial charge in [0.2, 0.25) is 0 Å². The Morgan fingerprint density at radius 3 is 1.79 bits per heavy atom. The molecule has 0 heterocycles. The number of carboxylic acid groups (broad SMARTS) is 1. The second-order valence-corrected chi connectivity index (χ2v) is 8.28. The van der Waals surface area contributed by atoms with E-state index in [0.717, 1.165) is 31.3 Å². The first kappa shape index (κ1) is 22.8. The summed E-state index contributed by atoms with van der Waals surface area (Å²) in [7, 11) is -4.59. The lowest BCUT2D eigenvalue weighted by Crippen LogP contribution is -2.20. The van der Waals surface area contributed by atoms with Crippen LogP contribution in [0.2, 0.25) is 0 Å². The van der Waals surface area contributed by atoms with Crippen LogP contribution in [0.1, 0.15) is 66.2 Å². The molecule has 6 heteroatoms. The quantitative estimate of drug-likeness (QED) is 0.364. The zero-order valence-electron chi connectivity index (χ0n) is 15.2. The maximum atomic E-state index is 11.1. The molecule has 5 nitrogen and oxygen atoms in total. The van der Waals surface area contributed by atoms with Gasteiger partial charge in [-0.05, 0) is 66.2 Å². The highest BCUT2D eigenvalue weighted by molar-refractivity contribution is 7.53. The summed E-state index contributed by atoms with van der Waals surface area (Å²) in [5, 5.41) is 8.86. The van der Waals surface area contributed by atoms with E-state index in [1.165, 1.54) is 11.1 Å². The SMILES string of the molecule is CC(C)=CCCC(C)=CCCC(C)=CCCC(C(=O)O)P(=O)(O)O. The summed E-state index contributed by atoms with van der Waals surface area (Å²) in [6, 6.07) is 0. The molecule has 1 atom stereocenters. The molecule has 0 saturated heterocycles. The minimum absolute atomic E-state index is 0.0471. The lowest BCUT2D eigenvalue weighted by Gasteiger charge is -2.12. The minimum atomic E-state index is -4.59. The molecule has 0 rings (SSSR count). The van der Waals surface area contributed by atoms with Gasteiger partial charge in [-0.2, -0.15) is 0 Å². The Bertz CT molecular complexity index is 536. The molecule has 0 aromatic rings. The normalized spacial score (nSPS) is 14.4. The maximum absolute atomic E-state index is 11.1. The van der Waals surface area contributed by atoms with Gasteiger partial charge < -0.3 is 14.9 Å². The monoisotopic (exact) mass is 358 g/mol. The third-order valence-electron chi connectivity index (χ3n) is 3.75. The lowest BCUT2D eigenvalue weighted by molar-refractivity contribution is -0.137. The van der Waals surface area contributed by atoms with E-state index < -0.39 is 19.2 Å². The van der Waals surface area contributed by atoms with Gasteiger partial charge in [-0.25, -0.2) is 0 Å². The summed E-state index contributed by atoms with van der Waals surface area (Å²) in [4.78, 5) is 28.9. The van der Waals surface area contributed by atoms with E-state index in [1.807, 2.05) is 13.0 Å². The maximum Gasteiger partial charge on any atom is 0.339 e. The fraction of sp³-hybridized carbons (Fsp3) is 0.611. The number of hydrogen-bond acceptors (Lipinski definition) is 2. The largest absolute Gasteiger partial charge is 0.481 e. The first-order chi connectivity index (χ1) is 11.0. The lowest BCUT2D eigenvalue weighted by atomic mass is 10.1. The molecule has 0 spiro atoms. The Morgan fingerprint density at radius 2 is 1.38 bits per heavy atom. The Kier molecular flexibility index (Phi) is 10.9. The van der Waals surface area contributed by atoms with Crippen molar-refractivity contribution >= 4 is 13.6 Å². The molecule has 0 aromatic carbocycles. The van der Waals surface area contributed by atoms with Crippen molar-refractivity contribution in [2.24, 2.45) is 0 Å². The summed E-state index contributed by atoms with van der Waals surface area (Å²) in [6.45, 7) is 8.26. The summed E-state index contributed by atoms with van der Waals surface area (Å²) in [5.41, 5.74) is 2.18. The van der Waals surface area contributed by atoms with Gasteiger partial charge in [-0.3, -0.25) is 9.36 Å². The van der Waals surface area contributed by atoms with Gasteiger partial charge in [-0.1, -0.05) is 34.9 Å².